The van der Waals surface area contributed by atoms with Gasteiger partial charge in [0.1, 0.15) is 17.4 Å². The van der Waals surface area contributed by atoms with E-state index in [0.717, 1.165) is 47.7 Å². The van der Waals surface area contributed by atoms with E-state index in [1.165, 1.54) is 0 Å². The summed E-state index contributed by atoms with van der Waals surface area (Å²) in [5, 5.41) is 18.2. The first-order chi connectivity index (χ1) is 12.0. The molecule has 0 aliphatic rings. The highest BCUT2D eigenvalue weighted by molar-refractivity contribution is 7.09. The molecular weight excluding hydrogens is 334 g/mol. The van der Waals surface area contributed by atoms with Crippen molar-refractivity contribution in [2.24, 2.45) is 12.0 Å². The molecule has 2 aromatic rings. The lowest BCUT2D eigenvalue weighted by Gasteiger charge is -2.11. The largest absolute Gasteiger partial charge is 0.356 e. The number of nitrogens with one attached hydrogen (secondary N) is 2. The van der Waals surface area contributed by atoms with Crippen LogP contribution in [0.3, 0.4) is 0 Å². The van der Waals surface area contributed by atoms with Crippen LogP contribution in [-0.2, 0) is 20.1 Å². The van der Waals surface area contributed by atoms with Gasteiger partial charge in [0.25, 0.3) is 0 Å². The van der Waals surface area contributed by atoms with Crippen LogP contribution in [0.25, 0.3) is 0 Å². The van der Waals surface area contributed by atoms with Gasteiger partial charge in [-0.25, -0.2) is 9.98 Å². The zero-order valence-corrected chi connectivity index (χ0v) is 16.7. The molecule has 8 heteroatoms. The SMILES string of the molecule is CCCCNC(=NCc1nnc(C)n1C)NCc1nc(C(C)C)cs1. The van der Waals surface area contributed by atoms with Gasteiger partial charge in [-0.15, -0.1) is 21.5 Å². The fourth-order valence-corrected chi connectivity index (χ4v) is 3.02. The van der Waals surface area contributed by atoms with Crippen molar-refractivity contribution in [3.8, 4) is 0 Å². The van der Waals surface area contributed by atoms with Crippen molar-refractivity contribution in [1.82, 2.24) is 30.4 Å². The summed E-state index contributed by atoms with van der Waals surface area (Å²) >= 11 is 1.69. The van der Waals surface area contributed by atoms with Crippen LogP contribution in [0.2, 0.25) is 0 Å². The second kappa shape index (κ2) is 9.50. The fourth-order valence-electron chi connectivity index (χ4n) is 2.13. The monoisotopic (exact) mass is 363 g/mol. The van der Waals surface area contributed by atoms with E-state index in [-0.39, 0.29) is 0 Å². The summed E-state index contributed by atoms with van der Waals surface area (Å²) in [6.45, 7) is 10.5. The Kier molecular flexibility index (Phi) is 7.36. The molecule has 25 heavy (non-hydrogen) atoms. The molecule has 0 saturated carbocycles. The number of thiazole rings is 1. The van der Waals surface area contributed by atoms with E-state index in [0.29, 0.717) is 19.0 Å². The number of aliphatic imine (C=N–C) groups is 1. The molecule has 0 aliphatic carbocycles. The summed E-state index contributed by atoms with van der Waals surface area (Å²) in [5.74, 6) is 2.99. The van der Waals surface area contributed by atoms with Gasteiger partial charge in [0.2, 0.25) is 0 Å². The van der Waals surface area contributed by atoms with Gasteiger partial charge in [-0.1, -0.05) is 27.2 Å². The quantitative estimate of drug-likeness (QED) is 0.428. The predicted octanol–water partition coefficient (Wildman–Crippen LogP) is 2.74. The van der Waals surface area contributed by atoms with Crippen LogP contribution in [0.15, 0.2) is 10.4 Å². The first-order valence-electron chi connectivity index (χ1n) is 8.82. The Balaban J connectivity index is 1.98. The maximum atomic E-state index is 4.66. The van der Waals surface area contributed by atoms with Crippen LogP contribution in [0.4, 0.5) is 0 Å². The van der Waals surface area contributed by atoms with Gasteiger partial charge in [0.05, 0.1) is 12.2 Å². The lowest BCUT2D eigenvalue weighted by molar-refractivity contribution is 0.713. The van der Waals surface area contributed by atoms with Crippen LogP contribution in [0.1, 0.15) is 61.9 Å². The molecule has 0 unspecified atom stereocenters. The molecule has 138 valence electrons. The molecule has 2 rings (SSSR count). The Hall–Kier alpha value is -1.96. The number of nitrogens with zero attached hydrogens (tertiary/aromatic N) is 5. The Bertz CT molecular complexity index is 687. The summed E-state index contributed by atoms with van der Waals surface area (Å²) in [5.41, 5.74) is 1.15. The minimum atomic E-state index is 0.458. The maximum absolute atomic E-state index is 4.66. The first-order valence-corrected chi connectivity index (χ1v) is 9.70. The Morgan fingerprint density at radius 1 is 1.32 bits per heavy atom. The summed E-state index contributed by atoms with van der Waals surface area (Å²) in [6, 6.07) is 0. The van der Waals surface area contributed by atoms with E-state index in [4.69, 9.17) is 0 Å². The van der Waals surface area contributed by atoms with Crippen molar-refractivity contribution in [1.29, 1.82) is 0 Å². The van der Waals surface area contributed by atoms with E-state index < -0.39 is 0 Å². The van der Waals surface area contributed by atoms with Crippen molar-refractivity contribution < 1.29 is 0 Å². The second-order valence-corrected chi connectivity index (χ2v) is 7.28. The Labute approximate surface area is 154 Å². The minimum absolute atomic E-state index is 0.458. The molecule has 0 fully saturated rings. The summed E-state index contributed by atoms with van der Waals surface area (Å²) < 4.78 is 1.96. The maximum Gasteiger partial charge on any atom is 0.192 e. The van der Waals surface area contributed by atoms with Crippen molar-refractivity contribution in [2.75, 3.05) is 6.54 Å². The highest BCUT2D eigenvalue weighted by Crippen LogP contribution is 2.17. The van der Waals surface area contributed by atoms with Crippen LogP contribution in [0, 0.1) is 6.92 Å². The van der Waals surface area contributed by atoms with Gasteiger partial charge in [-0.3, -0.25) is 0 Å². The van der Waals surface area contributed by atoms with E-state index in [1.54, 1.807) is 11.3 Å². The van der Waals surface area contributed by atoms with Crippen molar-refractivity contribution in [2.45, 2.75) is 59.5 Å². The van der Waals surface area contributed by atoms with E-state index in [9.17, 15) is 0 Å². The first kappa shape index (κ1) is 19.4. The normalized spacial score (nSPS) is 12.0. The lowest BCUT2D eigenvalue weighted by atomic mass is 10.2. The highest BCUT2D eigenvalue weighted by Gasteiger charge is 2.08. The van der Waals surface area contributed by atoms with Crippen LogP contribution >= 0.6 is 11.3 Å². The third-order valence-electron chi connectivity index (χ3n) is 3.95. The molecule has 0 aliphatic heterocycles. The van der Waals surface area contributed by atoms with Gasteiger partial charge >= 0.3 is 0 Å². The summed E-state index contributed by atoms with van der Waals surface area (Å²) in [6.07, 6.45) is 2.26. The number of rotatable bonds is 8. The fraction of sp³-hybridized carbons (Fsp3) is 0.647. The summed E-state index contributed by atoms with van der Waals surface area (Å²) in [7, 11) is 1.96. The molecule has 0 atom stereocenters. The number of aryl methyl sites for hydroxylation is 1. The number of hydrogen-bond donors (Lipinski definition) is 2. The average molecular weight is 364 g/mol. The Morgan fingerprint density at radius 3 is 2.72 bits per heavy atom. The molecule has 0 bridgehead atoms. The number of unbranched alkanes of at least 4 members (excludes halogenated alkanes) is 1. The van der Waals surface area contributed by atoms with Crippen LogP contribution in [0.5, 0.6) is 0 Å². The molecule has 2 heterocycles. The molecular formula is C17H29N7S. The van der Waals surface area contributed by atoms with Gasteiger partial charge in [-0.2, -0.15) is 0 Å². The van der Waals surface area contributed by atoms with Gasteiger partial charge in [0.15, 0.2) is 11.8 Å². The number of aromatic nitrogens is 4. The molecule has 2 N–H and O–H groups in total. The standard InChI is InChI=1S/C17H29N7S/c1-6-7-8-18-17(19-9-15-23-22-13(4)24(15)5)20-10-16-21-14(11-25-16)12(2)3/h11-12H,6-10H2,1-5H3,(H2,18,19,20). The molecule has 7 nitrogen and oxygen atoms in total. The molecule has 0 amide bonds. The van der Waals surface area contributed by atoms with Crippen LogP contribution in [-0.4, -0.2) is 32.3 Å². The van der Waals surface area contributed by atoms with E-state index in [1.807, 2.05) is 18.5 Å². The molecule has 0 spiro atoms. The summed E-state index contributed by atoms with van der Waals surface area (Å²) in [4.78, 5) is 9.31. The lowest BCUT2D eigenvalue weighted by Crippen LogP contribution is -2.37. The number of hydrogen-bond acceptors (Lipinski definition) is 5. The zero-order chi connectivity index (χ0) is 18.2. The van der Waals surface area contributed by atoms with Gasteiger partial charge < -0.3 is 15.2 Å². The second-order valence-electron chi connectivity index (χ2n) is 6.34. The molecule has 0 saturated heterocycles. The van der Waals surface area contributed by atoms with Crippen molar-refractivity contribution >= 4 is 17.3 Å². The number of guanidine groups is 1. The van der Waals surface area contributed by atoms with Gasteiger partial charge in [0, 0.05) is 19.0 Å². The van der Waals surface area contributed by atoms with Crippen molar-refractivity contribution in [3.05, 3.63) is 27.7 Å². The third kappa shape index (κ3) is 5.81. The predicted molar refractivity (Wildman–Crippen MR) is 103 cm³/mol. The zero-order valence-electron chi connectivity index (χ0n) is 15.8. The molecule has 0 radical (unpaired) electrons. The highest BCUT2D eigenvalue weighted by atomic mass is 32.1. The third-order valence-corrected chi connectivity index (χ3v) is 4.82. The van der Waals surface area contributed by atoms with Gasteiger partial charge in [-0.05, 0) is 19.3 Å². The van der Waals surface area contributed by atoms with Crippen molar-refractivity contribution in [3.63, 3.8) is 0 Å². The van der Waals surface area contributed by atoms with E-state index >= 15 is 0 Å². The van der Waals surface area contributed by atoms with Crippen LogP contribution < -0.4 is 10.6 Å². The van der Waals surface area contributed by atoms with E-state index in [2.05, 4.69) is 57.0 Å². The topological polar surface area (TPSA) is 80.0 Å². The molecule has 2 aromatic heterocycles. The minimum Gasteiger partial charge on any atom is -0.356 e. The smallest absolute Gasteiger partial charge is 0.192 e. The Morgan fingerprint density at radius 2 is 2.12 bits per heavy atom. The average Bonchev–Trinajstić information content (AvgIpc) is 3.18. The molecule has 0 aromatic carbocycles.